The minimum absolute atomic E-state index is 0.310. The molecule has 5 heteroatoms. The summed E-state index contributed by atoms with van der Waals surface area (Å²) in [4.78, 5) is 21.2. The molecule has 1 rings (SSSR count). The second kappa shape index (κ2) is 3.53. The Morgan fingerprint density at radius 1 is 1.50 bits per heavy atom. The lowest BCUT2D eigenvalue weighted by atomic mass is 9.92. The van der Waals surface area contributed by atoms with E-state index in [1.54, 1.807) is 0 Å². The van der Waals surface area contributed by atoms with Gasteiger partial charge in [0.25, 0.3) is 0 Å². The van der Waals surface area contributed by atoms with Gasteiger partial charge in [-0.1, -0.05) is 0 Å². The molecule has 1 aliphatic heterocycles. The number of aliphatic carboxylic acids is 1. The lowest BCUT2D eigenvalue weighted by molar-refractivity contribution is -0.143. The van der Waals surface area contributed by atoms with Crippen molar-refractivity contribution < 1.29 is 14.7 Å². The van der Waals surface area contributed by atoms with Gasteiger partial charge in [0.15, 0.2) is 0 Å². The average Bonchev–Trinajstić information content (AvgIpc) is 2.04. The Morgan fingerprint density at radius 2 is 2.17 bits per heavy atom. The minimum atomic E-state index is -0.845. The van der Waals surface area contributed by atoms with Gasteiger partial charge >= 0.3 is 5.97 Å². The standard InChI is InChI=1S/C7H12N2O3/c8-6(10)5-3-4(7(11)12)1-2-9-5/h4-5,9H,1-3H2,(H2,8,10)(H,11,12)/t4-,5+/m0/s1. The van der Waals surface area contributed by atoms with Crippen LogP contribution in [0, 0.1) is 5.92 Å². The molecule has 12 heavy (non-hydrogen) atoms. The van der Waals surface area contributed by atoms with Crippen LogP contribution < -0.4 is 11.1 Å². The molecule has 0 aliphatic carbocycles. The molecule has 1 heterocycles. The number of piperidine rings is 1. The van der Waals surface area contributed by atoms with Gasteiger partial charge in [0.05, 0.1) is 12.0 Å². The third kappa shape index (κ3) is 1.94. The molecule has 1 saturated heterocycles. The first-order chi connectivity index (χ1) is 5.61. The number of hydrogen-bond donors (Lipinski definition) is 3. The van der Waals surface area contributed by atoms with Gasteiger partial charge in [-0.25, -0.2) is 0 Å². The van der Waals surface area contributed by atoms with Crippen LogP contribution in [0.3, 0.4) is 0 Å². The fourth-order valence-corrected chi connectivity index (χ4v) is 1.36. The molecule has 0 saturated carbocycles. The number of carbonyl (C=O) groups excluding carboxylic acids is 1. The zero-order chi connectivity index (χ0) is 9.14. The molecule has 0 radical (unpaired) electrons. The van der Waals surface area contributed by atoms with E-state index in [-0.39, 0.29) is 0 Å². The molecule has 5 nitrogen and oxygen atoms in total. The molecule has 0 aromatic carbocycles. The molecular formula is C7H12N2O3. The highest BCUT2D eigenvalue weighted by atomic mass is 16.4. The van der Waals surface area contributed by atoms with E-state index in [9.17, 15) is 9.59 Å². The van der Waals surface area contributed by atoms with Gasteiger partial charge in [0.1, 0.15) is 0 Å². The fraction of sp³-hybridized carbons (Fsp3) is 0.714. The number of nitrogens with one attached hydrogen (secondary N) is 1. The number of nitrogens with two attached hydrogens (primary N) is 1. The summed E-state index contributed by atoms with van der Waals surface area (Å²) in [5.74, 6) is -1.74. The number of primary amides is 1. The normalized spacial score (nSPS) is 29.7. The van der Waals surface area contributed by atoms with Crippen molar-refractivity contribution in [2.75, 3.05) is 6.54 Å². The van der Waals surface area contributed by atoms with Crippen molar-refractivity contribution in [3.8, 4) is 0 Å². The number of carboxylic acid groups (broad SMARTS) is 1. The van der Waals surface area contributed by atoms with Crippen molar-refractivity contribution in [2.24, 2.45) is 11.7 Å². The zero-order valence-corrected chi connectivity index (χ0v) is 6.62. The first-order valence-electron chi connectivity index (χ1n) is 3.86. The number of carboxylic acids is 1. The van der Waals surface area contributed by atoms with E-state index >= 15 is 0 Å². The van der Waals surface area contributed by atoms with Crippen LogP contribution in [0.15, 0.2) is 0 Å². The summed E-state index contributed by atoms with van der Waals surface area (Å²) in [5.41, 5.74) is 5.04. The van der Waals surface area contributed by atoms with Crippen LogP contribution in [-0.4, -0.2) is 29.6 Å². The summed E-state index contributed by atoms with van der Waals surface area (Å²) in [7, 11) is 0. The summed E-state index contributed by atoms with van der Waals surface area (Å²) >= 11 is 0. The second-order valence-electron chi connectivity index (χ2n) is 2.97. The predicted octanol–water partition coefficient (Wildman–Crippen LogP) is -1.08. The first kappa shape index (κ1) is 8.99. The maximum absolute atomic E-state index is 10.7. The Hall–Kier alpha value is -1.10. The second-order valence-corrected chi connectivity index (χ2v) is 2.97. The Labute approximate surface area is 69.9 Å². The van der Waals surface area contributed by atoms with Gasteiger partial charge in [-0.05, 0) is 19.4 Å². The van der Waals surface area contributed by atoms with E-state index in [0.717, 1.165) is 0 Å². The average molecular weight is 172 g/mol. The van der Waals surface area contributed by atoms with Crippen molar-refractivity contribution in [1.29, 1.82) is 0 Å². The van der Waals surface area contributed by atoms with Crippen LogP contribution in [-0.2, 0) is 9.59 Å². The van der Waals surface area contributed by atoms with Crippen molar-refractivity contribution in [3.05, 3.63) is 0 Å². The predicted molar refractivity (Wildman–Crippen MR) is 41.3 cm³/mol. The fourth-order valence-electron chi connectivity index (χ4n) is 1.36. The topological polar surface area (TPSA) is 92.4 Å². The summed E-state index contributed by atoms with van der Waals surface area (Å²) < 4.78 is 0. The van der Waals surface area contributed by atoms with E-state index in [1.165, 1.54) is 0 Å². The van der Waals surface area contributed by atoms with Crippen LogP contribution >= 0.6 is 0 Å². The molecule has 1 aliphatic rings. The van der Waals surface area contributed by atoms with Gasteiger partial charge in [-0.2, -0.15) is 0 Å². The summed E-state index contributed by atoms with van der Waals surface area (Å²) in [6, 6.07) is -0.472. The van der Waals surface area contributed by atoms with Gasteiger partial charge in [0.2, 0.25) is 5.91 Å². The molecule has 1 amide bonds. The lowest BCUT2D eigenvalue weighted by Gasteiger charge is -2.25. The van der Waals surface area contributed by atoms with Gasteiger partial charge < -0.3 is 16.2 Å². The van der Waals surface area contributed by atoms with Crippen LogP contribution in [0.25, 0.3) is 0 Å². The monoisotopic (exact) mass is 172 g/mol. The van der Waals surface area contributed by atoms with Crippen LogP contribution in [0.1, 0.15) is 12.8 Å². The van der Waals surface area contributed by atoms with Crippen molar-refractivity contribution in [2.45, 2.75) is 18.9 Å². The SMILES string of the molecule is NC(=O)[C@H]1C[C@@H](C(=O)O)CCN1. The summed E-state index contributed by atoms with van der Waals surface area (Å²) in [6.07, 6.45) is 0.879. The van der Waals surface area contributed by atoms with Crippen LogP contribution in [0.5, 0.6) is 0 Å². The van der Waals surface area contributed by atoms with E-state index < -0.39 is 23.8 Å². The van der Waals surface area contributed by atoms with Crippen LogP contribution in [0.4, 0.5) is 0 Å². The van der Waals surface area contributed by atoms with Gasteiger partial charge in [-0.3, -0.25) is 9.59 Å². The number of amides is 1. The molecule has 2 atom stereocenters. The molecule has 1 fully saturated rings. The molecule has 0 aromatic heterocycles. The zero-order valence-electron chi connectivity index (χ0n) is 6.62. The Balaban J connectivity index is 2.51. The molecule has 0 spiro atoms. The smallest absolute Gasteiger partial charge is 0.306 e. The molecule has 0 bridgehead atoms. The Kier molecular flexibility index (Phi) is 2.65. The quantitative estimate of drug-likeness (QED) is 0.494. The van der Waals surface area contributed by atoms with Crippen molar-refractivity contribution in [3.63, 3.8) is 0 Å². The lowest BCUT2D eigenvalue weighted by Crippen LogP contribution is -2.48. The molecule has 4 N–H and O–H groups in total. The molecule has 0 aromatic rings. The van der Waals surface area contributed by atoms with E-state index in [0.29, 0.717) is 19.4 Å². The Bertz CT molecular complexity index is 185. The van der Waals surface area contributed by atoms with E-state index in [1.807, 2.05) is 0 Å². The summed E-state index contributed by atoms with van der Waals surface area (Å²) in [6.45, 7) is 0.546. The Morgan fingerprint density at radius 3 is 2.67 bits per heavy atom. The number of rotatable bonds is 2. The van der Waals surface area contributed by atoms with Crippen molar-refractivity contribution in [1.82, 2.24) is 5.32 Å². The first-order valence-corrected chi connectivity index (χ1v) is 3.86. The van der Waals surface area contributed by atoms with E-state index in [4.69, 9.17) is 10.8 Å². The third-order valence-electron chi connectivity index (χ3n) is 2.10. The maximum Gasteiger partial charge on any atom is 0.306 e. The van der Waals surface area contributed by atoms with E-state index in [2.05, 4.69) is 5.32 Å². The molecule has 0 unspecified atom stereocenters. The number of carbonyl (C=O) groups is 2. The molecular weight excluding hydrogens is 160 g/mol. The minimum Gasteiger partial charge on any atom is -0.481 e. The molecule has 68 valence electrons. The maximum atomic E-state index is 10.7. The highest BCUT2D eigenvalue weighted by molar-refractivity contribution is 5.81. The summed E-state index contributed by atoms with van der Waals surface area (Å²) in [5, 5.41) is 11.5. The van der Waals surface area contributed by atoms with Gasteiger partial charge in [0, 0.05) is 0 Å². The highest BCUT2D eigenvalue weighted by Gasteiger charge is 2.29. The number of hydrogen-bond acceptors (Lipinski definition) is 3. The third-order valence-corrected chi connectivity index (χ3v) is 2.10. The van der Waals surface area contributed by atoms with Crippen LogP contribution in [0.2, 0.25) is 0 Å². The van der Waals surface area contributed by atoms with Gasteiger partial charge in [-0.15, -0.1) is 0 Å². The highest BCUT2D eigenvalue weighted by Crippen LogP contribution is 2.15. The largest absolute Gasteiger partial charge is 0.481 e. The van der Waals surface area contributed by atoms with Crippen molar-refractivity contribution >= 4 is 11.9 Å².